The van der Waals surface area contributed by atoms with Crippen LogP contribution in [0.3, 0.4) is 0 Å². The Kier molecular flexibility index (Phi) is 3.74. The maximum atomic E-state index is 12.5. The molecule has 0 bridgehead atoms. The number of carbonyl (C=O) groups is 1. The summed E-state index contributed by atoms with van der Waals surface area (Å²) in [6.45, 7) is 13.4. The Hall–Kier alpha value is -0.813. The van der Waals surface area contributed by atoms with Gasteiger partial charge in [-0.05, 0) is 24.8 Å². The summed E-state index contributed by atoms with van der Waals surface area (Å²) in [6, 6.07) is 0. The SMILES string of the molecule is C#CC1=C(C)C(=O)C([Si](C)(C)C(C)(C)C)CC1. The molecule has 1 atom stereocenters. The van der Waals surface area contributed by atoms with E-state index >= 15 is 0 Å². The molecule has 0 saturated carbocycles. The van der Waals surface area contributed by atoms with Crippen LogP contribution in [-0.4, -0.2) is 13.9 Å². The molecule has 0 N–H and O–H groups in total. The van der Waals surface area contributed by atoms with Gasteiger partial charge >= 0.3 is 0 Å². The Morgan fingerprint density at radius 3 is 2.29 bits per heavy atom. The number of hydrogen-bond donors (Lipinski definition) is 0. The summed E-state index contributed by atoms with van der Waals surface area (Å²) < 4.78 is 0. The Morgan fingerprint density at radius 1 is 1.35 bits per heavy atom. The second kappa shape index (κ2) is 4.46. The van der Waals surface area contributed by atoms with E-state index in [1.165, 1.54) is 0 Å². The zero-order chi connectivity index (χ0) is 13.4. The molecule has 1 unspecified atom stereocenters. The molecule has 94 valence electrons. The number of Topliss-reactive ketones (excluding diaryl/α,β-unsaturated/α-hetero) is 1. The first-order chi connectivity index (χ1) is 7.63. The van der Waals surface area contributed by atoms with Crippen LogP contribution in [0.1, 0.15) is 40.5 Å². The van der Waals surface area contributed by atoms with Gasteiger partial charge in [0, 0.05) is 16.7 Å². The summed E-state index contributed by atoms with van der Waals surface area (Å²) in [5.41, 5.74) is 2.00. The molecule has 0 aromatic carbocycles. The first-order valence-corrected chi connectivity index (χ1v) is 9.41. The highest BCUT2D eigenvalue weighted by Crippen LogP contribution is 2.48. The van der Waals surface area contributed by atoms with Gasteiger partial charge in [-0.25, -0.2) is 0 Å². The molecule has 0 fully saturated rings. The van der Waals surface area contributed by atoms with Gasteiger partial charge in [-0.15, -0.1) is 6.42 Å². The smallest absolute Gasteiger partial charge is 0.159 e. The fourth-order valence-corrected chi connectivity index (χ4v) is 5.19. The van der Waals surface area contributed by atoms with E-state index in [2.05, 4.69) is 39.8 Å². The van der Waals surface area contributed by atoms with Crippen molar-refractivity contribution >= 4 is 13.9 Å². The van der Waals surface area contributed by atoms with Crippen LogP contribution in [0.2, 0.25) is 23.7 Å². The van der Waals surface area contributed by atoms with Crippen molar-refractivity contribution in [2.75, 3.05) is 0 Å². The van der Waals surface area contributed by atoms with Crippen LogP contribution in [0.15, 0.2) is 11.1 Å². The number of ketones is 1. The second-order valence-corrected chi connectivity index (χ2v) is 12.3. The van der Waals surface area contributed by atoms with Crippen LogP contribution in [0.4, 0.5) is 0 Å². The first-order valence-electron chi connectivity index (χ1n) is 6.33. The lowest BCUT2D eigenvalue weighted by Crippen LogP contribution is -2.46. The summed E-state index contributed by atoms with van der Waals surface area (Å²) in [6.07, 6.45) is 7.31. The highest BCUT2D eigenvalue weighted by Gasteiger charge is 2.46. The normalized spacial score (nSPS) is 22.6. The molecular weight excluding hydrogens is 224 g/mol. The van der Waals surface area contributed by atoms with E-state index in [-0.39, 0.29) is 10.6 Å². The molecule has 1 nitrogen and oxygen atoms in total. The van der Waals surface area contributed by atoms with Gasteiger partial charge in [0.1, 0.15) is 0 Å². The van der Waals surface area contributed by atoms with Crippen molar-refractivity contribution in [2.24, 2.45) is 0 Å². The van der Waals surface area contributed by atoms with Crippen molar-refractivity contribution in [3.8, 4) is 12.3 Å². The van der Waals surface area contributed by atoms with E-state index in [4.69, 9.17) is 6.42 Å². The Morgan fingerprint density at radius 2 is 1.88 bits per heavy atom. The number of terminal acetylenes is 1. The van der Waals surface area contributed by atoms with E-state index in [9.17, 15) is 4.79 Å². The van der Waals surface area contributed by atoms with Crippen molar-refractivity contribution < 1.29 is 4.79 Å². The van der Waals surface area contributed by atoms with Gasteiger partial charge < -0.3 is 0 Å². The molecule has 0 radical (unpaired) electrons. The molecule has 0 aliphatic heterocycles. The number of rotatable bonds is 1. The molecule has 0 saturated heterocycles. The maximum Gasteiger partial charge on any atom is 0.159 e. The van der Waals surface area contributed by atoms with Crippen LogP contribution in [0.25, 0.3) is 0 Å². The van der Waals surface area contributed by atoms with Crippen molar-refractivity contribution in [1.82, 2.24) is 0 Å². The Bertz CT molecular complexity index is 402. The summed E-state index contributed by atoms with van der Waals surface area (Å²) >= 11 is 0. The molecule has 0 aromatic rings. The molecule has 0 amide bonds. The maximum absolute atomic E-state index is 12.5. The van der Waals surface area contributed by atoms with Gasteiger partial charge in [-0.1, -0.05) is 39.8 Å². The lowest BCUT2D eigenvalue weighted by Gasteiger charge is -2.44. The predicted octanol–water partition coefficient (Wildman–Crippen LogP) is 4.18. The van der Waals surface area contributed by atoms with Crippen LogP contribution >= 0.6 is 0 Å². The Balaban J connectivity index is 3.12. The van der Waals surface area contributed by atoms with E-state index < -0.39 is 8.07 Å². The second-order valence-electron chi connectivity index (χ2n) is 6.68. The zero-order valence-corrected chi connectivity index (χ0v) is 13.0. The van der Waals surface area contributed by atoms with Crippen molar-refractivity contribution in [1.29, 1.82) is 0 Å². The highest BCUT2D eigenvalue weighted by atomic mass is 28.3. The fourth-order valence-electron chi connectivity index (χ4n) is 2.41. The minimum Gasteiger partial charge on any atom is -0.295 e. The lowest BCUT2D eigenvalue weighted by atomic mass is 9.91. The van der Waals surface area contributed by atoms with E-state index in [0.717, 1.165) is 24.0 Å². The third-order valence-electron chi connectivity index (χ3n) is 4.80. The fraction of sp³-hybridized carbons (Fsp3) is 0.667. The van der Waals surface area contributed by atoms with Gasteiger partial charge in [0.2, 0.25) is 0 Å². The standard InChI is InChI=1S/C15H24OSi/c1-8-12-9-10-13(14(16)11(12)2)17(6,7)15(3,4)5/h1,13H,9-10H2,2-7H3. The minimum absolute atomic E-state index is 0.236. The first kappa shape index (κ1) is 14.2. The molecular formula is C15H24OSi. The average Bonchev–Trinajstić information content (AvgIpc) is 2.20. The summed E-state index contributed by atoms with van der Waals surface area (Å²) in [5, 5.41) is 0.251. The van der Waals surface area contributed by atoms with Gasteiger partial charge in [0.25, 0.3) is 0 Å². The third kappa shape index (κ3) is 2.40. The molecule has 17 heavy (non-hydrogen) atoms. The van der Waals surface area contributed by atoms with E-state index in [0.29, 0.717) is 5.78 Å². The third-order valence-corrected chi connectivity index (χ3v) is 11.0. The molecule has 2 heteroatoms. The minimum atomic E-state index is -1.60. The monoisotopic (exact) mass is 248 g/mol. The number of carbonyl (C=O) groups excluding carboxylic acids is 1. The van der Waals surface area contributed by atoms with E-state index in [1.807, 2.05) is 6.92 Å². The average molecular weight is 248 g/mol. The summed E-state index contributed by atoms with van der Waals surface area (Å²) in [4.78, 5) is 12.5. The van der Waals surface area contributed by atoms with Crippen molar-refractivity contribution in [3.63, 3.8) is 0 Å². The quantitative estimate of drug-likeness (QED) is 0.502. The topological polar surface area (TPSA) is 17.1 Å². The predicted molar refractivity (Wildman–Crippen MR) is 76.7 cm³/mol. The molecule has 1 rings (SSSR count). The van der Waals surface area contributed by atoms with Crippen molar-refractivity contribution in [3.05, 3.63) is 11.1 Å². The molecule has 0 spiro atoms. The molecule has 0 heterocycles. The van der Waals surface area contributed by atoms with E-state index in [1.54, 1.807) is 0 Å². The molecule has 0 aromatic heterocycles. The van der Waals surface area contributed by atoms with Crippen LogP contribution in [-0.2, 0) is 4.79 Å². The summed E-state index contributed by atoms with van der Waals surface area (Å²) in [7, 11) is -1.60. The van der Waals surface area contributed by atoms with Crippen LogP contribution < -0.4 is 0 Å². The molecule has 1 aliphatic rings. The lowest BCUT2D eigenvalue weighted by molar-refractivity contribution is -0.116. The largest absolute Gasteiger partial charge is 0.295 e. The molecule has 1 aliphatic carbocycles. The number of hydrogen-bond acceptors (Lipinski definition) is 1. The van der Waals surface area contributed by atoms with Crippen LogP contribution in [0, 0.1) is 12.3 Å². The van der Waals surface area contributed by atoms with Gasteiger partial charge in [0.15, 0.2) is 5.78 Å². The van der Waals surface area contributed by atoms with Gasteiger partial charge in [-0.3, -0.25) is 4.79 Å². The zero-order valence-electron chi connectivity index (χ0n) is 12.0. The van der Waals surface area contributed by atoms with Gasteiger partial charge in [0.05, 0.1) is 8.07 Å². The van der Waals surface area contributed by atoms with Crippen molar-refractivity contribution in [2.45, 2.75) is 64.2 Å². The number of allylic oxidation sites excluding steroid dienone is 2. The van der Waals surface area contributed by atoms with Crippen LogP contribution in [0.5, 0.6) is 0 Å². The highest BCUT2D eigenvalue weighted by molar-refractivity contribution is 6.84. The summed E-state index contributed by atoms with van der Waals surface area (Å²) in [5.74, 6) is 2.98. The Labute approximate surface area is 107 Å². The van der Waals surface area contributed by atoms with Gasteiger partial charge in [-0.2, -0.15) is 0 Å².